The van der Waals surface area contributed by atoms with Crippen molar-refractivity contribution in [2.45, 2.75) is 19.0 Å². The number of pyridine rings is 1. The van der Waals surface area contributed by atoms with Crippen LogP contribution in [0.25, 0.3) is 5.65 Å². The SMILES string of the molecule is Cc1cc(C(F)(F)C(F)(F)F)n2nc(C(=O)Nc3cc(Oc4cccnc4)cc([N+](=O)[O-])c3)cc2n1. The van der Waals surface area contributed by atoms with Crippen LogP contribution in [0.5, 0.6) is 11.5 Å². The second-order valence-corrected chi connectivity index (χ2v) is 7.37. The number of hydrogen-bond donors (Lipinski definition) is 1. The quantitative estimate of drug-likeness (QED) is 0.220. The van der Waals surface area contributed by atoms with Crippen LogP contribution in [0.4, 0.5) is 33.3 Å². The highest BCUT2D eigenvalue weighted by atomic mass is 19.4. The molecule has 36 heavy (non-hydrogen) atoms. The van der Waals surface area contributed by atoms with E-state index in [9.17, 15) is 36.9 Å². The monoisotopic (exact) mass is 508 g/mol. The molecule has 0 radical (unpaired) electrons. The molecule has 0 aliphatic carbocycles. The lowest BCUT2D eigenvalue weighted by molar-refractivity contribution is -0.384. The number of rotatable bonds is 6. The molecule has 10 nitrogen and oxygen atoms in total. The maximum atomic E-state index is 14.1. The maximum Gasteiger partial charge on any atom is 0.459 e. The third-order valence-corrected chi connectivity index (χ3v) is 4.70. The smallest absolute Gasteiger partial charge is 0.455 e. The molecule has 0 saturated carbocycles. The van der Waals surface area contributed by atoms with Crippen molar-refractivity contribution in [1.82, 2.24) is 19.6 Å². The molecule has 0 spiro atoms. The second-order valence-electron chi connectivity index (χ2n) is 7.37. The lowest BCUT2D eigenvalue weighted by atomic mass is 10.2. The summed E-state index contributed by atoms with van der Waals surface area (Å²) >= 11 is 0. The number of alkyl halides is 5. The molecule has 15 heteroatoms. The van der Waals surface area contributed by atoms with Gasteiger partial charge >= 0.3 is 12.1 Å². The summed E-state index contributed by atoms with van der Waals surface area (Å²) in [5.74, 6) is -6.12. The Morgan fingerprint density at radius 2 is 1.86 bits per heavy atom. The van der Waals surface area contributed by atoms with Crippen molar-refractivity contribution in [3.05, 3.63) is 82.1 Å². The molecule has 0 atom stereocenters. The zero-order valence-electron chi connectivity index (χ0n) is 18.0. The first kappa shape index (κ1) is 24.4. The highest BCUT2D eigenvalue weighted by molar-refractivity contribution is 6.03. The minimum Gasteiger partial charge on any atom is -0.455 e. The number of non-ortho nitro benzene ring substituents is 1. The van der Waals surface area contributed by atoms with Crippen LogP contribution < -0.4 is 10.1 Å². The lowest BCUT2D eigenvalue weighted by Gasteiger charge is -2.20. The van der Waals surface area contributed by atoms with Crippen LogP contribution in [0, 0.1) is 17.0 Å². The second kappa shape index (κ2) is 8.83. The van der Waals surface area contributed by atoms with Crippen molar-refractivity contribution >= 4 is 22.9 Å². The number of carbonyl (C=O) groups excluding carboxylic acids is 1. The first-order valence-corrected chi connectivity index (χ1v) is 9.86. The lowest BCUT2D eigenvalue weighted by Crippen LogP contribution is -2.36. The van der Waals surface area contributed by atoms with E-state index in [-0.39, 0.29) is 27.4 Å². The van der Waals surface area contributed by atoms with Crippen molar-refractivity contribution in [2.75, 3.05) is 5.32 Å². The third-order valence-electron chi connectivity index (χ3n) is 4.70. The van der Waals surface area contributed by atoms with E-state index in [1.165, 1.54) is 31.5 Å². The van der Waals surface area contributed by atoms with Gasteiger partial charge in [-0.25, -0.2) is 9.50 Å². The molecule has 3 aromatic heterocycles. The Kier molecular flexibility index (Phi) is 5.99. The normalized spacial score (nSPS) is 11.9. The van der Waals surface area contributed by atoms with Gasteiger partial charge in [-0.1, -0.05) is 0 Å². The van der Waals surface area contributed by atoms with Gasteiger partial charge in [0.25, 0.3) is 11.6 Å². The van der Waals surface area contributed by atoms with Crippen LogP contribution in [0.3, 0.4) is 0 Å². The van der Waals surface area contributed by atoms with Gasteiger partial charge in [-0.2, -0.15) is 27.1 Å². The fraction of sp³-hybridized carbons (Fsp3) is 0.143. The Hall–Kier alpha value is -4.69. The number of amides is 1. The molecule has 1 amide bonds. The Labute approximate surface area is 197 Å². The van der Waals surface area contributed by atoms with Gasteiger partial charge in [0, 0.05) is 30.1 Å². The molecule has 0 fully saturated rings. The number of hydrogen-bond acceptors (Lipinski definition) is 7. The number of anilines is 1. The number of fused-ring (bicyclic) bond motifs is 1. The Morgan fingerprint density at radius 1 is 1.11 bits per heavy atom. The molecule has 0 unspecified atom stereocenters. The first-order valence-electron chi connectivity index (χ1n) is 9.86. The van der Waals surface area contributed by atoms with Crippen molar-refractivity contribution in [3.63, 3.8) is 0 Å². The van der Waals surface area contributed by atoms with E-state index in [0.717, 1.165) is 18.2 Å². The summed E-state index contributed by atoms with van der Waals surface area (Å²) < 4.78 is 72.8. The molecule has 0 aliphatic rings. The topological polar surface area (TPSA) is 125 Å². The summed E-state index contributed by atoms with van der Waals surface area (Å²) in [6, 6.07) is 7.83. The number of nitro groups is 1. The van der Waals surface area contributed by atoms with E-state index in [1.807, 2.05) is 0 Å². The summed E-state index contributed by atoms with van der Waals surface area (Å²) in [5.41, 5.74) is -3.27. The fourth-order valence-corrected chi connectivity index (χ4v) is 3.14. The number of nitro benzene ring substituents is 1. The number of aromatic nitrogens is 4. The average molecular weight is 508 g/mol. The summed E-state index contributed by atoms with van der Waals surface area (Å²) in [6.45, 7) is 1.20. The van der Waals surface area contributed by atoms with Gasteiger partial charge in [0.2, 0.25) is 0 Å². The number of nitrogens with one attached hydrogen (secondary N) is 1. The third kappa shape index (κ3) is 4.75. The van der Waals surface area contributed by atoms with Crippen LogP contribution >= 0.6 is 0 Å². The van der Waals surface area contributed by atoms with Gasteiger partial charge in [0.05, 0.1) is 22.9 Å². The van der Waals surface area contributed by atoms with E-state index in [4.69, 9.17) is 4.74 Å². The van der Waals surface area contributed by atoms with Crippen LogP contribution in [-0.4, -0.2) is 36.6 Å². The molecular formula is C21H13F5N6O4. The van der Waals surface area contributed by atoms with Crippen LogP contribution in [0.2, 0.25) is 0 Å². The predicted molar refractivity (Wildman–Crippen MR) is 113 cm³/mol. The van der Waals surface area contributed by atoms with Crippen LogP contribution in [0.1, 0.15) is 21.9 Å². The standard InChI is InChI=1S/C21H13F5N6O4/c1-11-5-17(20(22,23)21(24,25)26)31-18(28-11)9-16(30-31)19(33)29-12-6-13(32(34)35)8-15(7-12)36-14-3-2-4-27-10-14/h2-10H,1H3,(H,29,33). The predicted octanol–water partition coefficient (Wildman–Crippen LogP) is 5.04. The van der Waals surface area contributed by atoms with E-state index in [1.54, 1.807) is 6.07 Å². The molecule has 186 valence electrons. The van der Waals surface area contributed by atoms with E-state index in [2.05, 4.69) is 20.4 Å². The van der Waals surface area contributed by atoms with Gasteiger partial charge in [-0.3, -0.25) is 19.9 Å². The number of carbonyl (C=O) groups is 1. The maximum absolute atomic E-state index is 14.1. The molecule has 0 saturated heterocycles. The molecule has 4 rings (SSSR count). The van der Waals surface area contributed by atoms with Crippen LogP contribution in [-0.2, 0) is 5.92 Å². The summed E-state index contributed by atoms with van der Waals surface area (Å²) in [4.78, 5) is 31.0. The largest absolute Gasteiger partial charge is 0.459 e. The number of nitrogens with zero attached hydrogens (tertiary/aromatic N) is 5. The van der Waals surface area contributed by atoms with Gasteiger partial charge in [-0.05, 0) is 25.1 Å². The summed E-state index contributed by atoms with van der Waals surface area (Å²) in [6.07, 6.45) is -3.10. The average Bonchev–Trinajstić information content (AvgIpc) is 3.22. The number of halogens is 5. The fourth-order valence-electron chi connectivity index (χ4n) is 3.14. The van der Waals surface area contributed by atoms with E-state index >= 15 is 0 Å². The highest BCUT2D eigenvalue weighted by Gasteiger charge is 2.60. The van der Waals surface area contributed by atoms with E-state index < -0.39 is 45.7 Å². The van der Waals surface area contributed by atoms with Crippen LogP contribution in [0.15, 0.2) is 54.9 Å². The van der Waals surface area contributed by atoms with Crippen molar-refractivity contribution in [1.29, 1.82) is 0 Å². The van der Waals surface area contributed by atoms with Crippen molar-refractivity contribution in [2.24, 2.45) is 0 Å². The highest BCUT2D eigenvalue weighted by Crippen LogP contribution is 2.43. The zero-order valence-corrected chi connectivity index (χ0v) is 18.0. The Bertz CT molecular complexity index is 1470. The van der Waals surface area contributed by atoms with Crippen molar-refractivity contribution in [3.8, 4) is 11.5 Å². The molecule has 1 aromatic carbocycles. The van der Waals surface area contributed by atoms with Crippen molar-refractivity contribution < 1.29 is 36.4 Å². The molecule has 0 aliphatic heterocycles. The van der Waals surface area contributed by atoms with Gasteiger partial charge in [0.1, 0.15) is 17.2 Å². The Morgan fingerprint density at radius 3 is 2.50 bits per heavy atom. The van der Waals surface area contributed by atoms with Gasteiger partial charge < -0.3 is 10.1 Å². The molecule has 4 aromatic rings. The summed E-state index contributed by atoms with van der Waals surface area (Å²) in [7, 11) is 0. The van der Waals surface area contributed by atoms with E-state index in [0.29, 0.717) is 6.07 Å². The number of benzene rings is 1. The number of aryl methyl sites for hydroxylation is 1. The molecule has 3 heterocycles. The Balaban J connectivity index is 1.69. The van der Waals surface area contributed by atoms with Gasteiger partial charge in [-0.15, -0.1) is 0 Å². The zero-order chi connectivity index (χ0) is 26.3. The minimum absolute atomic E-state index is 0.0353. The molecule has 0 bridgehead atoms. The minimum atomic E-state index is -5.92. The molecule has 1 N–H and O–H groups in total. The van der Waals surface area contributed by atoms with Gasteiger partial charge in [0.15, 0.2) is 11.3 Å². The first-order chi connectivity index (χ1) is 16.8. The summed E-state index contributed by atoms with van der Waals surface area (Å²) in [5, 5.41) is 17.2. The molecular weight excluding hydrogens is 495 g/mol. The number of ether oxygens (including phenoxy) is 1.